The van der Waals surface area contributed by atoms with E-state index in [1.165, 1.54) is 11.8 Å². The zero-order valence-electron chi connectivity index (χ0n) is 10.9. The zero-order chi connectivity index (χ0) is 13.4. The van der Waals surface area contributed by atoms with Crippen molar-refractivity contribution in [1.82, 2.24) is 10.6 Å². The van der Waals surface area contributed by atoms with Crippen molar-refractivity contribution >= 4 is 23.7 Å². The van der Waals surface area contributed by atoms with Gasteiger partial charge in [-0.05, 0) is 19.3 Å². The van der Waals surface area contributed by atoms with Crippen molar-refractivity contribution in [3.8, 4) is 0 Å². The lowest BCUT2D eigenvalue weighted by molar-refractivity contribution is -0.117. The Kier molecular flexibility index (Phi) is 7.12. The summed E-state index contributed by atoms with van der Waals surface area (Å²) in [5, 5.41) is 5.16. The van der Waals surface area contributed by atoms with E-state index in [1.807, 2.05) is 6.92 Å². The molecule has 0 bridgehead atoms. The maximum Gasteiger partial charge on any atom is 0.321 e. The number of amides is 3. The number of carbonyl (C=O) groups excluding carboxylic acids is 2. The summed E-state index contributed by atoms with van der Waals surface area (Å²) in [4.78, 5) is 22.9. The minimum atomic E-state index is -0.368. The van der Waals surface area contributed by atoms with Crippen LogP contribution >= 0.6 is 11.8 Å². The van der Waals surface area contributed by atoms with Crippen molar-refractivity contribution in [1.29, 1.82) is 0 Å². The molecule has 0 spiro atoms. The second kappa shape index (κ2) is 8.37. The van der Waals surface area contributed by atoms with Gasteiger partial charge < -0.3 is 11.1 Å². The number of thioether (sulfide) groups is 1. The number of imide groups is 1. The Hall–Kier alpha value is -0.750. The normalized spacial score (nSPS) is 17.4. The van der Waals surface area contributed by atoms with E-state index in [0.717, 1.165) is 37.9 Å². The van der Waals surface area contributed by atoms with Crippen LogP contribution in [-0.4, -0.2) is 35.5 Å². The molecule has 0 aliphatic heterocycles. The molecule has 0 saturated heterocycles. The minimum absolute atomic E-state index is 0.120. The smallest absolute Gasteiger partial charge is 0.321 e. The average Bonchev–Trinajstić information content (AvgIpc) is 2.81. The van der Waals surface area contributed by atoms with Crippen molar-refractivity contribution in [3.63, 3.8) is 0 Å². The monoisotopic (exact) mass is 273 g/mol. The summed E-state index contributed by atoms with van der Waals surface area (Å²) in [5.41, 5.74) is 5.74. The van der Waals surface area contributed by atoms with Crippen LogP contribution in [0.25, 0.3) is 0 Å². The SMILES string of the molecule is CCC(N)CSCC(=O)NC(=O)NC1CCCC1. The van der Waals surface area contributed by atoms with Crippen LogP contribution in [0.15, 0.2) is 0 Å². The Balaban J connectivity index is 2.09. The molecule has 1 unspecified atom stereocenters. The maximum absolute atomic E-state index is 11.5. The molecule has 6 heteroatoms. The van der Waals surface area contributed by atoms with Gasteiger partial charge in [0.1, 0.15) is 0 Å². The van der Waals surface area contributed by atoms with E-state index in [0.29, 0.717) is 0 Å². The number of hydrogen-bond acceptors (Lipinski definition) is 4. The number of nitrogens with two attached hydrogens (primary N) is 1. The van der Waals surface area contributed by atoms with Crippen LogP contribution in [0.2, 0.25) is 0 Å². The molecular weight excluding hydrogens is 250 g/mol. The number of urea groups is 1. The Labute approximate surface area is 113 Å². The quantitative estimate of drug-likeness (QED) is 0.679. The average molecular weight is 273 g/mol. The maximum atomic E-state index is 11.5. The van der Waals surface area contributed by atoms with Crippen LogP contribution < -0.4 is 16.4 Å². The van der Waals surface area contributed by atoms with E-state index in [2.05, 4.69) is 10.6 Å². The van der Waals surface area contributed by atoms with Gasteiger partial charge in [-0.1, -0.05) is 19.8 Å². The lowest BCUT2D eigenvalue weighted by atomic mass is 10.2. The molecule has 0 aromatic heterocycles. The first-order valence-corrected chi connectivity index (χ1v) is 7.71. The predicted molar refractivity (Wildman–Crippen MR) is 74.5 cm³/mol. The second-order valence-corrected chi connectivity index (χ2v) is 5.72. The molecular formula is C12H23N3O2S. The number of carbonyl (C=O) groups is 2. The summed E-state index contributed by atoms with van der Waals surface area (Å²) in [6.45, 7) is 2.01. The van der Waals surface area contributed by atoms with Crippen LogP contribution in [0, 0.1) is 0 Å². The molecule has 4 N–H and O–H groups in total. The first-order valence-electron chi connectivity index (χ1n) is 6.55. The highest BCUT2D eigenvalue weighted by molar-refractivity contribution is 8.00. The summed E-state index contributed by atoms with van der Waals surface area (Å²) < 4.78 is 0. The molecule has 5 nitrogen and oxygen atoms in total. The van der Waals surface area contributed by atoms with Crippen molar-refractivity contribution in [2.75, 3.05) is 11.5 Å². The summed E-state index contributed by atoms with van der Waals surface area (Å²) in [6.07, 6.45) is 5.24. The van der Waals surface area contributed by atoms with E-state index in [4.69, 9.17) is 5.73 Å². The fourth-order valence-corrected chi connectivity index (χ4v) is 2.79. The van der Waals surface area contributed by atoms with Crippen molar-refractivity contribution in [3.05, 3.63) is 0 Å². The van der Waals surface area contributed by atoms with Crippen LogP contribution in [0.4, 0.5) is 4.79 Å². The second-order valence-electron chi connectivity index (χ2n) is 4.69. The first-order chi connectivity index (χ1) is 8.61. The third kappa shape index (κ3) is 6.26. The number of hydrogen-bond donors (Lipinski definition) is 3. The first kappa shape index (κ1) is 15.3. The van der Waals surface area contributed by atoms with Crippen LogP contribution in [0.3, 0.4) is 0 Å². The summed E-state index contributed by atoms with van der Waals surface area (Å²) in [7, 11) is 0. The highest BCUT2D eigenvalue weighted by Crippen LogP contribution is 2.17. The fraction of sp³-hybridized carbons (Fsp3) is 0.833. The predicted octanol–water partition coefficient (Wildman–Crippen LogP) is 1.23. The lowest BCUT2D eigenvalue weighted by Crippen LogP contribution is -2.44. The number of nitrogens with one attached hydrogen (secondary N) is 2. The van der Waals surface area contributed by atoms with E-state index in [9.17, 15) is 9.59 Å². The van der Waals surface area contributed by atoms with Crippen LogP contribution in [-0.2, 0) is 4.79 Å². The largest absolute Gasteiger partial charge is 0.335 e. The molecule has 1 aliphatic rings. The third-order valence-corrected chi connectivity index (χ3v) is 4.16. The third-order valence-electron chi connectivity index (χ3n) is 3.03. The van der Waals surface area contributed by atoms with Crippen molar-refractivity contribution in [2.24, 2.45) is 5.73 Å². The topological polar surface area (TPSA) is 84.2 Å². The van der Waals surface area contributed by atoms with Crippen molar-refractivity contribution in [2.45, 2.75) is 51.1 Å². The molecule has 0 aromatic rings. The lowest BCUT2D eigenvalue weighted by Gasteiger charge is -2.12. The zero-order valence-corrected chi connectivity index (χ0v) is 11.7. The molecule has 0 heterocycles. The van der Waals surface area contributed by atoms with Crippen LogP contribution in [0.5, 0.6) is 0 Å². The standard InChI is InChI=1S/C12H23N3O2S/c1-2-9(13)7-18-8-11(16)15-12(17)14-10-5-3-4-6-10/h9-10H,2-8,13H2,1H3,(H2,14,15,16,17). The molecule has 1 rings (SSSR count). The van der Waals surface area contributed by atoms with Gasteiger partial charge in [-0.15, -0.1) is 0 Å². The van der Waals surface area contributed by atoms with Crippen molar-refractivity contribution < 1.29 is 9.59 Å². The van der Waals surface area contributed by atoms with Gasteiger partial charge in [-0.3, -0.25) is 10.1 Å². The molecule has 3 amide bonds. The van der Waals surface area contributed by atoms with Gasteiger partial charge in [0.2, 0.25) is 5.91 Å². The molecule has 1 aliphatic carbocycles. The molecule has 1 atom stereocenters. The summed E-state index contributed by atoms with van der Waals surface area (Å²) in [6, 6.07) is -0.0126. The summed E-state index contributed by atoms with van der Waals surface area (Å²) in [5.74, 6) is 0.777. The Bertz CT molecular complexity index is 280. The molecule has 0 aromatic carbocycles. The van der Waals surface area contributed by atoms with E-state index >= 15 is 0 Å². The van der Waals surface area contributed by atoms with Gasteiger partial charge in [-0.2, -0.15) is 11.8 Å². The van der Waals surface area contributed by atoms with E-state index in [1.54, 1.807) is 0 Å². The van der Waals surface area contributed by atoms with Gasteiger partial charge in [0, 0.05) is 17.8 Å². The van der Waals surface area contributed by atoms with Gasteiger partial charge in [0.25, 0.3) is 0 Å². The Morgan fingerprint density at radius 2 is 2.06 bits per heavy atom. The van der Waals surface area contributed by atoms with Gasteiger partial charge in [-0.25, -0.2) is 4.79 Å². The van der Waals surface area contributed by atoms with Gasteiger partial charge >= 0.3 is 6.03 Å². The van der Waals surface area contributed by atoms with E-state index < -0.39 is 0 Å². The molecule has 18 heavy (non-hydrogen) atoms. The summed E-state index contributed by atoms with van der Waals surface area (Å²) >= 11 is 1.46. The van der Waals surface area contributed by atoms with E-state index in [-0.39, 0.29) is 29.8 Å². The Morgan fingerprint density at radius 3 is 2.67 bits per heavy atom. The molecule has 0 radical (unpaired) electrons. The highest BCUT2D eigenvalue weighted by atomic mass is 32.2. The molecule has 1 fully saturated rings. The van der Waals surface area contributed by atoms with Gasteiger partial charge in [0.15, 0.2) is 0 Å². The molecule has 104 valence electrons. The highest BCUT2D eigenvalue weighted by Gasteiger charge is 2.18. The number of rotatable bonds is 6. The van der Waals surface area contributed by atoms with Crippen LogP contribution in [0.1, 0.15) is 39.0 Å². The minimum Gasteiger partial charge on any atom is -0.335 e. The Morgan fingerprint density at radius 1 is 1.39 bits per heavy atom. The molecule has 1 saturated carbocycles. The fourth-order valence-electron chi connectivity index (χ4n) is 1.88. The van der Waals surface area contributed by atoms with Gasteiger partial charge in [0.05, 0.1) is 5.75 Å².